The number of hydrogen-bond acceptors (Lipinski definition) is 0. The maximum atomic E-state index is 2.38. The lowest BCUT2D eigenvalue weighted by Crippen LogP contribution is -2.10. The first-order valence-corrected chi connectivity index (χ1v) is 8.76. The van der Waals surface area contributed by atoms with E-state index in [-0.39, 0.29) is 0 Å². The highest BCUT2D eigenvalue weighted by atomic mass is 14.2. The lowest BCUT2D eigenvalue weighted by Gasteiger charge is -2.25. The lowest BCUT2D eigenvalue weighted by atomic mass is 9.81. The van der Waals surface area contributed by atoms with Crippen LogP contribution in [-0.4, -0.2) is 0 Å². The third kappa shape index (κ3) is 8.16. The van der Waals surface area contributed by atoms with Crippen molar-refractivity contribution in [2.75, 3.05) is 0 Å². The van der Waals surface area contributed by atoms with Crippen LogP contribution in [0.4, 0.5) is 0 Å². The van der Waals surface area contributed by atoms with Gasteiger partial charge < -0.3 is 0 Å². The molecule has 0 aromatic carbocycles. The molecular formula is C18H36. The van der Waals surface area contributed by atoms with Crippen molar-refractivity contribution in [3.05, 3.63) is 0 Å². The molecule has 1 atom stereocenters. The van der Waals surface area contributed by atoms with Gasteiger partial charge in [0.25, 0.3) is 0 Å². The van der Waals surface area contributed by atoms with E-state index in [1.165, 1.54) is 77.0 Å². The molecule has 0 aliphatic heterocycles. The highest BCUT2D eigenvalue weighted by molar-refractivity contribution is 4.70. The second-order valence-electron chi connectivity index (χ2n) is 6.80. The van der Waals surface area contributed by atoms with Gasteiger partial charge in [0.15, 0.2) is 0 Å². The van der Waals surface area contributed by atoms with E-state index < -0.39 is 0 Å². The Bertz CT molecular complexity index is 170. The normalized spacial score (nSPS) is 20.8. The maximum absolute atomic E-state index is 2.38. The van der Waals surface area contributed by atoms with Gasteiger partial charge in [-0.1, -0.05) is 97.8 Å². The summed E-state index contributed by atoms with van der Waals surface area (Å²) in [5.74, 6) is 3.22. The number of unbranched alkanes of at least 4 members (excludes halogenated alkanes) is 2. The van der Waals surface area contributed by atoms with Crippen molar-refractivity contribution >= 4 is 0 Å². The molecule has 18 heavy (non-hydrogen) atoms. The van der Waals surface area contributed by atoms with Gasteiger partial charge in [0.1, 0.15) is 0 Å². The zero-order chi connectivity index (χ0) is 13.2. The molecule has 2 aliphatic rings. The molecule has 108 valence electrons. The van der Waals surface area contributed by atoms with Crippen molar-refractivity contribution in [2.24, 2.45) is 17.8 Å². The minimum Gasteiger partial charge on any atom is -0.0651 e. The molecule has 0 aromatic heterocycles. The Hall–Kier alpha value is 0. The van der Waals surface area contributed by atoms with Crippen LogP contribution in [0.5, 0.6) is 0 Å². The van der Waals surface area contributed by atoms with Crippen molar-refractivity contribution in [3.8, 4) is 0 Å². The Labute approximate surface area is 116 Å². The molecule has 0 radical (unpaired) electrons. The average molecular weight is 252 g/mol. The van der Waals surface area contributed by atoms with Crippen LogP contribution in [0.3, 0.4) is 0 Å². The van der Waals surface area contributed by atoms with Crippen molar-refractivity contribution < 1.29 is 0 Å². The molecule has 2 rings (SSSR count). The topological polar surface area (TPSA) is 0 Å². The summed E-state index contributed by atoms with van der Waals surface area (Å²) in [5, 5.41) is 0. The largest absolute Gasteiger partial charge is 0.0651 e. The fourth-order valence-corrected chi connectivity index (χ4v) is 2.61. The van der Waals surface area contributed by atoms with Gasteiger partial charge in [0, 0.05) is 0 Å². The molecule has 0 spiro atoms. The molecular weight excluding hydrogens is 216 g/mol. The minimum atomic E-state index is 0.962. The van der Waals surface area contributed by atoms with Crippen molar-refractivity contribution in [3.63, 3.8) is 0 Å². The Balaban J connectivity index is 0.000000269. The molecule has 0 heteroatoms. The molecule has 2 aliphatic carbocycles. The van der Waals surface area contributed by atoms with Crippen LogP contribution in [0.25, 0.3) is 0 Å². The van der Waals surface area contributed by atoms with Crippen LogP contribution in [0.1, 0.15) is 97.8 Å². The lowest BCUT2D eigenvalue weighted by molar-refractivity contribution is 0.285. The minimum absolute atomic E-state index is 0.962. The van der Waals surface area contributed by atoms with Crippen LogP contribution < -0.4 is 0 Å². The van der Waals surface area contributed by atoms with Crippen molar-refractivity contribution in [2.45, 2.75) is 97.8 Å². The highest BCUT2D eigenvalue weighted by Gasteiger charge is 2.17. The zero-order valence-corrected chi connectivity index (χ0v) is 13.2. The van der Waals surface area contributed by atoms with Gasteiger partial charge in [-0.3, -0.25) is 0 Å². The molecule has 0 saturated heterocycles. The van der Waals surface area contributed by atoms with Crippen LogP contribution in [0.2, 0.25) is 0 Å². The van der Waals surface area contributed by atoms with Gasteiger partial charge in [-0.05, 0) is 17.8 Å². The van der Waals surface area contributed by atoms with E-state index in [4.69, 9.17) is 0 Å². The van der Waals surface area contributed by atoms with Gasteiger partial charge in [0.2, 0.25) is 0 Å². The standard InChI is InChI=1S/C13H26.C5H10/c1-3-12(2)8-5-4-6-9-13-10-7-11-13;1-2-5-3-4-5/h12-13H,3-11H2,1-2H3;5H,2-4H2,1H3. The second-order valence-corrected chi connectivity index (χ2v) is 6.80. The highest BCUT2D eigenvalue weighted by Crippen LogP contribution is 2.31. The Morgan fingerprint density at radius 1 is 0.889 bits per heavy atom. The van der Waals surface area contributed by atoms with E-state index >= 15 is 0 Å². The molecule has 0 N–H and O–H groups in total. The summed E-state index contributed by atoms with van der Waals surface area (Å²) in [6, 6.07) is 0. The fraction of sp³-hybridized carbons (Fsp3) is 1.00. The number of rotatable bonds is 8. The summed E-state index contributed by atoms with van der Waals surface area (Å²) >= 11 is 0. The van der Waals surface area contributed by atoms with E-state index in [0.29, 0.717) is 0 Å². The summed E-state index contributed by atoms with van der Waals surface area (Å²) in [5.41, 5.74) is 0. The third-order valence-corrected chi connectivity index (χ3v) is 5.01. The third-order valence-electron chi connectivity index (χ3n) is 5.01. The van der Waals surface area contributed by atoms with Crippen LogP contribution in [0.15, 0.2) is 0 Å². The Morgan fingerprint density at radius 3 is 2.00 bits per heavy atom. The smallest absolute Gasteiger partial charge is 0.0414 e. The molecule has 2 fully saturated rings. The first-order valence-electron chi connectivity index (χ1n) is 8.76. The molecule has 0 aromatic rings. The first-order chi connectivity index (χ1) is 8.76. The summed E-state index contributed by atoms with van der Waals surface area (Å²) in [6.07, 6.45) is 17.8. The van der Waals surface area contributed by atoms with Crippen LogP contribution in [0, 0.1) is 17.8 Å². The summed E-state index contributed by atoms with van der Waals surface area (Å²) in [4.78, 5) is 0. The van der Waals surface area contributed by atoms with Gasteiger partial charge >= 0.3 is 0 Å². The van der Waals surface area contributed by atoms with E-state index in [9.17, 15) is 0 Å². The quantitative estimate of drug-likeness (QED) is 0.427. The first kappa shape index (κ1) is 16.1. The average Bonchev–Trinajstić information content (AvgIpc) is 3.15. The van der Waals surface area contributed by atoms with Crippen LogP contribution in [-0.2, 0) is 0 Å². The van der Waals surface area contributed by atoms with Gasteiger partial charge in [0.05, 0.1) is 0 Å². The van der Waals surface area contributed by atoms with Gasteiger partial charge in [-0.25, -0.2) is 0 Å². The zero-order valence-electron chi connectivity index (χ0n) is 13.2. The van der Waals surface area contributed by atoms with E-state index in [2.05, 4.69) is 20.8 Å². The van der Waals surface area contributed by atoms with E-state index in [1.807, 2.05) is 0 Å². The summed E-state index contributed by atoms with van der Waals surface area (Å²) in [7, 11) is 0. The molecule has 0 amide bonds. The summed E-state index contributed by atoms with van der Waals surface area (Å²) in [6.45, 7) is 6.95. The predicted molar refractivity (Wildman–Crippen MR) is 82.9 cm³/mol. The van der Waals surface area contributed by atoms with Crippen LogP contribution >= 0.6 is 0 Å². The SMILES string of the molecule is CCC(C)CCCCCC1CCC1.CCC1CC1. The van der Waals surface area contributed by atoms with Gasteiger partial charge in [-0.15, -0.1) is 0 Å². The maximum Gasteiger partial charge on any atom is -0.0414 e. The molecule has 1 unspecified atom stereocenters. The Kier molecular flexibility index (Phi) is 8.80. The van der Waals surface area contributed by atoms with E-state index in [1.54, 1.807) is 0 Å². The van der Waals surface area contributed by atoms with E-state index in [0.717, 1.165) is 17.8 Å². The van der Waals surface area contributed by atoms with Crippen molar-refractivity contribution in [1.29, 1.82) is 0 Å². The summed E-state index contributed by atoms with van der Waals surface area (Å²) < 4.78 is 0. The second kappa shape index (κ2) is 9.87. The predicted octanol–water partition coefficient (Wildman–Crippen LogP) is 6.59. The Morgan fingerprint density at radius 2 is 1.61 bits per heavy atom. The fourth-order valence-electron chi connectivity index (χ4n) is 2.61. The molecule has 0 nitrogen and oxygen atoms in total. The molecule has 0 heterocycles. The molecule has 2 saturated carbocycles. The van der Waals surface area contributed by atoms with Gasteiger partial charge in [-0.2, -0.15) is 0 Å². The molecule has 0 bridgehead atoms. The monoisotopic (exact) mass is 252 g/mol. The van der Waals surface area contributed by atoms with Crippen molar-refractivity contribution in [1.82, 2.24) is 0 Å². The number of hydrogen-bond donors (Lipinski definition) is 0.